The van der Waals surface area contributed by atoms with Crippen LogP contribution in [0.3, 0.4) is 0 Å². The molecule has 0 radical (unpaired) electrons. The number of halogens is 1. The van der Waals surface area contributed by atoms with Crippen LogP contribution in [-0.2, 0) is 9.05 Å². The zero-order chi connectivity index (χ0) is 11.3. The highest BCUT2D eigenvalue weighted by Crippen LogP contribution is 2.18. The fraction of sp³-hybridized carbons (Fsp3) is 0.800. The third-order valence-electron chi connectivity index (χ3n) is 2.78. The quantitative estimate of drug-likeness (QED) is 0.565. The van der Waals surface area contributed by atoms with E-state index in [1.54, 1.807) is 6.08 Å². The highest BCUT2D eigenvalue weighted by Gasteiger charge is 2.15. The van der Waals surface area contributed by atoms with Crippen LogP contribution in [0.4, 0.5) is 0 Å². The molecule has 15 heavy (non-hydrogen) atoms. The lowest BCUT2D eigenvalue weighted by Crippen LogP contribution is -2.32. The van der Waals surface area contributed by atoms with Gasteiger partial charge in [-0.1, -0.05) is 19.1 Å². The van der Waals surface area contributed by atoms with Crippen molar-refractivity contribution < 1.29 is 8.42 Å². The van der Waals surface area contributed by atoms with Gasteiger partial charge in [-0.25, -0.2) is 8.42 Å². The van der Waals surface area contributed by atoms with Gasteiger partial charge in [0.25, 0.3) is 0 Å². The van der Waals surface area contributed by atoms with Crippen molar-refractivity contribution in [3.05, 3.63) is 12.2 Å². The second kappa shape index (κ2) is 5.87. The van der Waals surface area contributed by atoms with E-state index >= 15 is 0 Å². The number of likely N-dealkylation sites (tertiary alicyclic amines) is 1. The first-order valence-corrected chi connectivity index (χ1v) is 7.80. The largest absolute Gasteiger partial charge is 0.304 e. The lowest BCUT2D eigenvalue weighted by molar-refractivity contribution is 0.213. The van der Waals surface area contributed by atoms with E-state index < -0.39 is 9.05 Å². The van der Waals surface area contributed by atoms with Crippen LogP contribution in [0, 0.1) is 5.92 Å². The summed E-state index contributed by atoms with van der Waals surface area (Å²) in [6.07, 6.45) is 5.90. The molecule has 0 aromatic carbocycles. The highest BCUT2D eigenvalue weighted by molar-refractivity contribution is 8.13. The molecule has 0 bridgehead atoms. The van der Waals surface area contributed by atoms with E-state index in [0.717, 1.165) is 32.5 Å². The van der Waals surface area contributed by atoms with E-state index in [9.17, 15) is 8.42 Å². The Balaban J connectivity index is 2.29. The van der Waals surface area contributed by atoms with Gasteiger partial charge in [-0.15, -0.1) is 0 Å². The van der Waals surface area contributed by atoms with Gasteiger partial charge < -0.3 is 4.90 Å². The van der Waals surface area contributed by atoms with Crippen molar-refractivity contribution >= 4 is 19.7 Å². The predicted molar refractivity (Wildman–Crippen MR) is 63.6 cm³/mol. The van der Waals surface area contributed by atoms with E-state index in [0.29, 0.717) is 5.92 Å². The maximum Gasteiger partial charge on any atom is 0.236 e. The molecule has 0 spiro atoms. The van der Waals surface area contributed by atoms with E-state index in [2.05, 4.69) is 11.8 Å². The molecule has 1 heterocycles. The minimum absolute atomic E-state index is 0.0530. The maximum absolute atomic E-state index is 10.7. The number of allylic oxidation sites excluding steroid dienone is 1. The second-order valence-corrected chi connectivity index (χ2v) is 6.73. The summed E-state index contributed by atoms with van der Waals surface area (Å²) in [5.41, 5.74) is 0. The third kappa shape index (κ3) is 5.54. The van der Waals surface area contributed by atoms with Crippen molar-refractivity contribution in [3.63, 3.8) is 0 Å². The molecule has 0 saturated carbocycles. The van der Waals surface area contributed by atoms with Gasteiger partial charge in [0.05, 0.1) is 5.75 Å². The molecule has 1 saturated heterocycles. The Morgan fingerprint density at radius 1 is 1.40 bits per heavy atom. The molecule has 0 atom stereocenters. The summed E-state index contributed by atoms with van der Waals surface area (Å²) in [5, 5.41) is 0. The zero-order valence-corrected chi connectivity index (χ0v) is 10.6. The third-order valence-corrected chi connectivity index (χ3v) is 3.75. The topological polar surface area (TPSA) is 37.4 Å². The van der Waals surface area contributed by atoms with Gasteiger partial charge in [0.15, 0.2) is 0 Å². The molecule has 1 aliphatic rings. The van der Waals surface area contributed by atoms with Gasteiger partial charge in [-0.05, 0) is 38.4 Å². The fourth-order valence-electron chi connectivity index (χ4n) is 1.82. The number of hydrogen-bond donors (Lipinski definition) is 0. The summed E-state index contributed by atoms with van der Waals surface area (Å²) in [4.78, 5) is 2.41. The summed E-state index contributed by atoms with van der Waals surface area (Å²) in [5.74, 6) is 0.467. The minimum Gasteiger partial charge on any atom is -0.304 e. The molecule has 0 unspecified atom stereocenters. The van der Waals surface area contributed by atoms with Gasteiger partial charge in [-0.3, -0.25) is 0 Å². The van der Waals surface area contributed by atoms with Crippen LogP contribution >= 0.6 is 10.7 Å². The van der Waals surface area contributed by atoms with Gasteiger partial charge >= 0.3 is 0 Å². The van der Waals surface area contributed by atoms with Gasteiger partial charge in [-0.2, -0.15) is 0 Å². The van der Waals surface area contributed by atoms with Crippen LogP contribution in [0.15, 0.2) is 12.2 Å². The number of rotatable bonds is 4. The van der Waals surface area contributed by atoms with Crippen LogP contribution in [0.25, 0.3) is 0 Å². The first kappa shape index (κ1) is 13.0. The molecule has 1 aliphatic heterocycles. The Morgan fingerprint density at radius 2 is 2.00 bits per heavy atom. The van der Waals surface area contributed by atoms with Crippen LogP contribution < -0.4 is 0 Å². The smallest absolute Gasteiger partial charge is 0.236 e. The molecule has 0 aromatic rings. The Labute approximate surface area is 96.5 Å². The van der Waals surface area contributed by atoms with Crippen molar-refractivity contribution in [2.75, 3.05) is 25.4 Å². The summed E-state index contributed by atoms with van der Waals surface area (Å²) < 4.78 is 21.4. The number of nitrogens with zero attached hydrogens (tertiary/aromatic N) is 1. The standard InChI is InChI=1S/C10H18ClNO2S/c1-2-12-7-5-10(6-8-12)4-3-9-15(11,13)14/h3-4,10H,2,5-9H2,1H3/b4-3-. The Hall–Kier alpha value is -0.0600. The lowest BCUT2D eigenvalue weighted by atomic mass is 9.96. The fourth-order valence-corrected chi connectivity index (χ4v) is 2.38. The van der Waals surface area contributed by atoms with Crippen LogP contribution in [0.5, 0.6) is 0 Å². The van der Waals surface area contributed by atoms with E-state index in [1.807, 2.05) is 6.08 Å². The molecule has 0 aliphatic carbocycles. The Bertz CT molecular complexity index is 305. The average molecular weight is 252 g/mol. The normalized spacial score (nSPS) is 21.2. The average Bonchev–Trinajstić information content (AvgIpc) is 2.17. The molecule has 1 rings (SSSR count). The molecule has 3 nitrogen and oxygen atoms in total. The molecule has 0 N–H and O–H groups in total. The number of hydrogen-bond acceptors (Lipinski definition) is 3. The summed E-state index contributed by atoms with van der Waals surface area (Å²) in [6.45, 7) is 5.49. The summed E-state index contributed by atoms with van der Waals surface area (Å²) >= 11 is 0. The minimum atomic E-state index is -3.37. The summed E-state index contributed by atoms with van der Waals surface area (Å²) in [6, 6.07) is 0. The van der Waals surface area contributed by atoms with Gasteiger partial charge in [0.2, 0.25) is 9.05 Å². The lowest BCUT2D eigenvalue weighted by Gasteiger charge is -2.29. The Morgan fingerprint density at radius 3 is 2.47 bits per heavy atom. The molecule has 1 fully saturated rings. The first-order chi connectivity index (χ1) is 7.01. The monoisotopic (exact) mass is 251 g/mol. The van der Waals surface area contributed by atoms with E-state index in [1.165, 1.54) is 0 Å². The van der Waals surface area contributed by atoms with Gasteiger partial charge in [0, 0.05) is 10.7 Å². The van der Waals surface area contributed by atoms with Crippen molar-refractivity contribution in [1.82, 2.24) is 4.90 Å². The highest BCUT2D eigenvalue weighted by atomic mass is 35.7. The molecule has 0 aromatic heterocycles. The Kier molecular flexibility index (Phi) is 5.09. The van der Waals surface area contributed by atoms with Crippen molar-refractivity contribution in [2.24, 2.45) is 5.92 Å². The molecule has 88 valence electrons. The van der Waals surface area contributed by atoms with Crippen molar-refractivity contribution in [1.29, 1.82) is 0 Å². The molecular weight excluding hydrogens is 234 g/mol. The second-order valence-electron chi connectivity index (χ2n) is 3.91. The van der Waals surface area contributed by atoms with Crippen molar-refractivity contribution in [3.8, 4) is 0 Å². The van der Waals surface area contributed by atoms with Gasteiger partial charge in [0.1, 0.15) is 0 Å². The van der Waals surface area contributed by atoms with E-state index in [-0.39, 0.29) is 5.75 Å². The zero-order valence-electron chi connectivity index (χ0n) is 9.02. The molecule has 0 amide bonds. The van der Waals surface area contributed by atoms with Crippen LogP contribution in [-0.4, -0.2) is 38.7 Å². The number of piperidine rings is 1. The molecule has 5 heteroatoms. The first-order valence-electron chi connectivity index (χ1n) is 5.32. The van der Waals surface area contributed by atoms with E-state index in [4.69, 9.17) is 10.7 Å². The van der Waals surface area contributed by atoms with Crippen LogP contribution in [0.1, 0.15) is 19.8 Å². The van der Waals surface area contributed by atoms with Crippen molar-refractivity contribution in [2.45, 2.75) is 19.8 Å². The predicted octanol–water partition coefficient (Wildman–Crippen LogP) is 1.84. The summed E-state index contributed by atoms with van der Waals surface area (Å²) in [7, 11) is 1.74. The SMILES string of the molecule is CCN1CCC(/C=C\CS(=O)(=O)Cl)CC1. The maximum atomic E-state index is 10.7. The van der Waals surface area contributed by atoms with Crippen LogP contribution in [0.2, 0.25) is 0 Å². The molecular formula is C10H18ClNO2S.